The molecule has 8 rings (SSSR count). The predicted octanol–water partition coefficient (Wildman–Crippen LogP) is 9.12. The summed E-state index contributed by atoms with van der Waals surface area (Å²) in [5.41, 5.74) is 6.03. The zero-order valence-corrected chi connectivity index (χ0v) is 24.5. The van der Waals surface area contributed by atoms with E-state index < -0.39 is 18.3 Å². The lowest BCUT2D eigenvalue weighted by Gasteiger charge is -2.32. The quantitative estimate of drug-likeness (QED) is 0.205. The molecule has 0 atom stereocenters. The number of aromatic nitrogens is 1. The first-order valence-corrected chi connectivity index (χ1v) is 15.0. The second-order valence-corrected chi connectivity index (χ2v) is 13.1. The molecule has 41 heavy (non-hydrogen) atoms. The van der Waals surface area contributed by atoms with E-state index in [9.17, 15) is 0 Å². The van der Waals surface area contributed by atoms with E-state index in [1.165, 1.54) is 47.5 Å². The molecule has 0 amide bonds. The first-order valence-electron chi connectivity index (χ1n) is 14.2. The average molecular weight is 552 g/mol. The SMILES string of the molecule is CC1(C)OB(c2cc(-c3cccc4c3sc3ccccc34)cc(-n3c4ccccc4c4ccccc43)c2)OC1(C)C. The number of rotatable bonds is 3. The lowest BCUT2D eigenvalue weighted by molar-refractivity contribution is 0.00578. The van der Waals surface area contributed by atoms with Gasteiger partial charge in [0.1, 0.15) is 0 Å². The normalized spacial score (nSPS) is 16.4. The molecule has 0 bridgehead atoms. The van der Waals surface area contributed by atoms with Gasteiger partial charge >= 0.3 is 7.12 Å². The molecule has 200 valence electrons. The molecule has 0 radical (unpaired) electrons. The molecular weight excluding hydrogens is 521 g/mol. The van der Waals surface area contributed by atoms with E-state index in [0.29, 0.717) is 0 Å². The summed E-state index contributed by atoms with van der Waals surface area (Å²) < 4.78 is 18.2. The van der Waals surface area contributed by atoms with Gasteiger partial charge in [-0.05, 0) is 74.6 Å². The third kappa shape index (κ3) is 3.73. The molecule has 1 aliphatic rings. The predicted molar refractivity (Wildman–Crippen MR) is 175 cm³/mol. The van der Waals surface area contributed by atoms with Crippen LogP contribution in [0, 0.1) is 0 Å². The summed E-state index contributed by atoms with van der Waals surface area (Å²) in [6.07, 6.45) is 0. The van der Waals surface area contributed by atoms with Crippen LogP contribution in [-0.4, -0.2) is 22.9 Å². The molecule has 0 saturated carbocycles. The van der Waals surface area contributed by atoms with Crippen LogP contribution in [0.25, 0.3) is 58.8 Å². The van der Waals surface area contributed by atoms with Crippen molar-refractivity contribution in [3.63, 3.8) is 0 Å². The largest absolute Gasteiger partial charge is 0.494 e. The van der Waals surface area contributed by atoms with Gasteiger partial charge in [-0.2, -0.15) is 0 Å². The van der Waals surface area contributed by atoms with Crippen LogP contribution in [0.1, 0.15) is 27.7 Å². The summed E-state index contributed by atoms with van der Waals surface area (Å²) in [5.74, 6) is 0. The fourth-order valence-electron chi connectivity index (χ4n) is 6.21. The lowest BCUT2D eigenvalue weighted by atomic mass is 9.77. The van der Waals surface area contributed by atoms with E-state index in [1.54, 1.807) is 0 Å². The molecule has 3 nitrogen and oxygen atoms in total. The Morgan fingerprint density at radius 3 is 1.88 bits per heavy atom. The second-order valence-electron chi connectivity index (χ2n) is 12.1. The molecule has 5 heteroatoms. The van der Waals surface area contributed by atoms with Gasteiger partial charge < -0.3 is 13.9 Å². The van der Waals surface area contributed by atoms with Gasteiger partial charge in [-0.1, -0.05) is 78.9 Å². The Morgan fingerprint density at radius 1 is 0.610 bits per heavy atom. The second kappa shape index (κ2) is 8.80. The first-order chi connectivity index (χ1) is 19.8. The number of nitrogens with zero attached hydrogens (tertiary/aromatic N) is 1. The number of thiophene rings is 1. The maximum absolute atomic E-state index is 6.59. The summed E-state index contributed by atoms with van der Waals surface area (Å²) in [5, 5.41) is 5.09. The minimum atomic E-state index is -0.464. The van der Waals surface area contributed by atoms with Gasteiger partial charge in [-0.25, -0.2) is 0 Å². The van der Waals surface area contributed by atoms with Crippen LogP contribution >= 0.6 is 11.3 Å². The van der Waals surface area contributed by atoms with Crippen LogP contribution in [0.4, 0.5) is 0 Å². The molecule has 7 aromatic rings. The molecule has 0 N–H and O–H groups in total. The fourth-order valence-corrected chi connectivity index (χ4v) is 7.45. The van der Waals surface area contributed by atoms with Gasteiger partial charge in [0.25, 0.3) is 0 Å². The van der Waals surface area contributed by atoms with Crippen molar-refractivity contribution in [1.82, 2.24) is 4.57 Å². The molecule has 5 aromatic carbocycles. The van der Waals surface area contributed by atoms with Gasteiger partial charge in [-0.3, -0.25) is 0 Å². The van der Waals surface area contributed by atoms with Gasteiger partial charge in [0.05, 0.1) is 22.2 Å². The fraction of sp³-hybridized carbons (Fsp3) is 0.167. The average Bonchev–Trinajstić information content (AvgIpc) is 3.59. The Bertz CT molecular complexity index is 2070. The molecule has 0 aliphatic carbocycles. The van der Waals surface area contributed by atoms with E-state index >= 15 is 0 Å². The van der Waals surface area contributed by atoms with Crippen LogP contribution in [-0.2, 0) is 9.31 Å². The van der Waals surface area contributed by atoms with Crippen molar-refractivity contribution in [3.05, 3.63) is 109 Å². The third-order valence-corrected chi connectivity index (χ3v) is 10.2. The van der Waals surface area contributed by atoms with Crippen LogP contribution in [0.3, 0.4) is 0 Å². The standard InChI is InChI=1S/C36H30BNO2S/c1-35(2)36(3,4)40-37(39-35)24-20-23(26-15-11-16-30-29-14-7-10-19-33(29)41-34(26)30)21-25(22-24)38-31-17-8-5-12-27(31)28-13-6-9-18-32(28)38/h5-22H,1-4H3. The van der Waals surface area contributed by atoms with E-state index in [1.807, 2.05) is 11.3 Å². The van der Waals surface area contributed by atoms with E-state index in [0.717, 1.165) is 16.7 Å². The van der Waals surface area contributed by atoms with E-state index in [2.05, 4.69) is 141 Å². The molecule has 1 saturated heterocycles. The van der Waals surface area contributed by atoms with Crippen molar-refractivity contribution < 1.29 is 9.31 Å². The van der Waals surface area contributed by atoms with Gasteiger partial charge in [0.15, 0.2) is 0 Å². The van der Waals surface area contributed by atoms with E-state index in [-0.39, 0.29) is 0 Å². The summed E-state index contributed by atoms with van der Waals surface area (Å²) in [6, 6.07) is 39.5. The Morgan fingerprint density at radius 2 is 1.20 bits per heavy atom. The molecule has 3 heterocycles. The van der Waals surface area contributed by atoms with Gasteiger partial charge in [0, 0.05) is 36.6 Å². The maximum Gasteiger partial charge on any atom is 0.494 e. The van der Waals surface area contributed by atoms with Crippen molar-refractivity contribution in [2.75, 3.05) is 0 Å². The highest BCUT2D eigenvalue weighted by Crippen LogP contribution is 2.42. The number of para-hydroxylation sites is 2. The zero-order valence-electron chi connectivity index (χ0n) is 23.6. The van der Waals surface area contributed by atoms with Crippen molar-refractivity contribution in [2.24, 2.45) is 0 Å². The van der Waals surface area contributed by atoms with Gasteiger partial charge in [0.2, 0.25) is 0 Å². The van der Waals surface area contributed by atoms with Crippen molar-refractivity contribution >= 4 is 65.9 Å². The minimum absolute atomic E-state index is 0.424. The Labute approximate surface area is 244 Å². The van der Waals surface area contributed by atoms with Crippen molar-refractivity contribution in [3.8, 4) is 16.8 Å². The molecule has 2 aromatic heterocycles. The Balaban J connectivity index is 1.42. The molecule has 1 fully saturated rings. The highest BCUT2D eigenvalue weighted by atomic mass is 32.1. The minimum Gasteiger partial charge on any atom is -0.399 e. The number of fused-ring (bicyclic) bond motifs is 6. The molecule has 0 spiro atoms. The zero-order chi connectivity index (χ0) is 27.9. The summed E-state index contributed by atoms with van der Waals surface area (Å²) in [7, 11) is -0.464. The maximum atomic E-state index is 6.59. The number of benzene rings is 5. The summed E-state index contributed by atoms with van der Waals surface area (Å²) in [4.78, 5) is 0. The van der Waals surface area contributed by atoms with Gasteiger partial charge in [-0.15, -0.1) is 11.3 Å². The molecule has 1 aliphatic heterocycles. The molecular formula is C36H30BNO2S. The van der Waals surface area contributed by atoms with Crippen LogP contribution in [0.2, 0.25) is 0 Å². The summed E-state index contributed by atoms with van der Waals surface area (Å²) in [6.45, 7) is 8.46. The Hall–Kier alpha value is -3.90. The van der Waals surface area contributed by atoms with Crippen LogP contribution in [0.15, 0.2) is 109 Å². The smallest absolute Gasteiger partial charge is 0.399 e. The highest BCUT2D eigenvalue weighted by molar-refractivity contribution is 7.26. The van der Waals surface area contributed by atoms with Crippen molar-refractivity contribution in [1.29, 1.82) is 0 Å². The topological polar surface area (TPSA) is 23.4 Å². The summed E-state index contributed by atoms with van der Waals surface area (Å²) >= 11 is 1.86. The highest BCUT2D eigenvalue weighted by Gasteiger charge is 2.51. The van der Waals surface area contributed by atoms with Crippen LogP contribution in [0.5, 0.6) is 0 Å². The van der Waals surface area contributed by atoms with Crippen LogP contribution < -0.4 is 5.46 Å². The van der Waals surface area contributed by atoms with E-state index in [4.69, 9.17) is 9.31 Å². The Kier molecular flexibility index (Phi) is 5.34. The number of hydrogen-bond acceptors (Lipinski definition) is 3. The lowest BCUT2D eigenvalue weighted by Crippen LogP contribution is -2.41. The monoisotopic (exact) mass is 551 g/mol. The van der Waals surface area contributed by atoms with Crippen molar-refractivity contribution in [2.45, 2.75) is 38.9 Å². The number of hydrogen-bond donors (Lipinski definition) is 0. The third-order valence-electron chi connectivity index (χ3n) is 9.02. The first kappa shape index (κ1) is 24.9. The molecule has 0 unspecified atom stereocenters.